The molecule has 1 aliphatic heterocycles. The van der Waals surface area contributed by atoms with Crippen LogP contribution in [0.5, 0.6) is 5.75 Å². The SMILES string of the molecule is CC(C)C1CNC2(CCCC2)CN1Cc1ccc(O)cc1. The van der Waals surface area contributed by atoms with Crippen LogP contribution in [0.4, 0.5) is 0 Å². The lowest BCUT2D eigenvalue weighted by atomic mass is 9.88. The second-order valence-electron chi connectivity index (χ2n) is 7.25. The third-order valence-corrected chi connectivity index (χ3v) is 5.31. The number of benzene rings is 1. The number of aromatic hydroxyl groups is 1. The van der Waals surface area contributed by atoms with E-state index >= 15 is 0 Å². The third kappa shape index (κ3) is 3.24. The molecule has 1 unspecified atom stereocenters. The molecule has 1 spiro atoms. The van der Waals surface area contributed by atoms with Crippen LogP contribution >= 0.6 is 0 Å². The molecule has 3 nitrogen and oxygen atoms in total. The molecule has 1 atom stereocenters. The number of hydrogen-bond donors (Lipinski definition) is 2. The van der Waals surface area contributed by atoms with Crippen molar-refractivity contribution in [3.63, 3.8) is 0 Å². The van der Waals surface area contributed by atoms with Crippen molar-refractivity contribution in [1.29, 1.82) is 0 Å². The second kappa shape index (κ2) is 5.98. The molecule has 3 heteroatoms. The smallest absolute Gasteiger partial charge is 0.115 e. The summed E-state index contributed by atoms with van der Waals surface area (Å²) in [5.74, 6) is 1.01. The van der Waals surface area contributed by atoms with E-state index < -0.39 is 0 Å². The van der Waals surface area contributed by atoms with Crippen molar-refractivity contribution in [2.75, 3.05) is 13.1 Å². The second-order valence-corrected chi connectivity index (χ2v) is 7.25. The molecule has 0 amide bonds. The zero-order valence-electron chi connectivity index (χ0n) is 13.3. The largest absolute Gasteiger partial charge is 0.508 e. The highest BCUT2D eigenvalue weighted by Crippen LogP contribution is 2.34. The van der Waals surface area contributed by atoms with Crippen molar-refractivity contribution in [1.82, 2.24) is 10.2 Å². The molecule has 3 rings (SSSR count). The summed E-state index contributed by atoms with van der Waals surface area (Å²) in [6, 6.07) is 8.30. The van der Waals surface area contributed by atoms with Crippen LogP contribution in [0.3, 0.4) is 0 Å². The molecule has 1 heterocycles. The van der Waals surface area contributed by atoms with Crippen molar-refractivity contribution < 1.29 is 5.11 Å². The molecule has 0 bridgehead atoms. The van der Waals surface area contributed by atoms with E-state index in [-0.39, 0.29) is 0 Å². The monoisotopic (exact) mass is 288 g/mol. The van der Waals surface area contributed by atoms with Crippen molar-refractivity contribution in [2.24, 2.45) is 5.92 Å². The van der Waals surface area contributed by atoms with Crippen LogP contribution in [0.15, 0.2) is 24.3 Å². The predicted octanol–water partition coefficient (Wildman–Crippen LogP) is 3.13. The molecule has 1 aromatic carbocycles. The van der Waals surface area contributed by atoms with E-state index in [1.54, 1.807) is 12.1 Å². The maximum absolute atomic E-state index is 9.45. The zero-order valence-corrected chi connectivity index (χ0v) is 13.3. The molecule has 1 saturated carbocycles. The Kier molecular flexibility index (Phi) is 4.23. The first-order valence-electron chi connectivity index (χ1n) is 8.35. The Bertz CT molecular complexity index is 463. The third-order valence-electron chi connectivity index (χ3n) is 5.31. The molecule has 2 aliphatic rings. The highest BCUT2D eigenvalue weighted by molar-refractivity contribution is 5.26. The summed E-state index contributed by atoms with van der Waals surface area (Å²) in [5, 5.41) is 13.3. The van der Waals surface area contributed by atoms with Gasteiger partial charge in [-0.15, -0.1) is 0 Å². The first kappa shape index (κ1) is 14.9. The average Bonchev–Trinajstić information content (AvgIpc) is 2.89. The summed E-state index contributed by atoms with van der Waals surface area (Å²) in [6.45, 7) is 7.91. The Morgan fingerprint density at radius 2 is 1.90 bits per heavy atom. The fourth-order valence-corrected chi connectivity index (χ4v) is 4.07. The first-order valence-corrected chi connectivity index (χ1v) is 8.35. The minimum Gasteiger partial charge on any atom is -0.508 e. The lowest BCUT2D eigenvalue weighted by Gasteiger charge is -2.48. The van der Waals surface area contributed by atoms with Crippen LogP contribution in [-0.2, 0) is 6.54 Å². The van der Waals surface area contributed by atoms with E-state index in [0.29, 0.717) is 23.2 Å². The van der Waals surface area contributed by atoms with Gasteiger partial charge in [0.1, 0.15) is 5.75 Å². The molecule has 116 valence electrons. The summed E-state index contributed by atoms with van der Waals surface area (Å²) in [5.41, 5.74) is 1.66. The summed E-state index contributed by atoms with van der Waals surface area (Å²) in [4.78, 5) is 2.67. The van der Waals surface area contributed by atoms with E-state index in [0.717, 1.165) is 19.6 Å². The van der Waals surface area contributed by atoms with Crippen LogP contribution in [0.2, 0.25) is 0 Å². The number of hydrogen-bond acceptors (Lipinski definition) is 3. The van der Waals surface area contributed by atoms with E-state index in [1.165, 1.54) is 31.2 Å². The number of phenols is 1. The molecule has 1 saturated heterocycles. The van der Waals surface area contributed by atoms with Gasteiger partial charge < -0.3 is 10.4 Å². The Morgan fingerprint density at radius 3 is 2.52 bits per heavy atom. The fraction of sp³-hybridized carbons (Fsp3) is 0.667. The van der Waals surface area contributed by atoms with Crippen LogP contribution in [0.25, 0.3) is 0 Å². The Hall–Kier alpha value is -1.06. The molecular weight excluding hydrogens is 260 g/mol. The van der Waals surface area contributed by atoms with Gasteiger partial charge in [0.2, 0.25) is 0 Å². The first-order chi connectivity index (χ1) is 10.1. The standard InChI is InChI=1S/C18H28N2O/c1-14(2)17-11-19-18(9-3-4-10-18)13-20(17)12-15-5-7-16(21)8-6-15/h5-8,14,17,19,21H,3-4,9-13H2,1-2H3. The fourth-order valence-electron chi connectivity index (χ4n) is 4.07. The maximum Gasteiger partial charge on any atom is 0.115 e. The summed E-state index contributed by atoms with van der Waals surface area (Å²) >= 11 is 0. The summed E-state index contributed by atoms with van der Waals surface area (Å²) in [6.07, 6.45) is 5.38. The highest BCUT2D eigenvalue weighted by Gasteiger charge is 2.41. The van der Waals surface area contributed by atoms with Crippen LogP contribution in [-0.4, -0.2) is 34.7 Å². The molecule has 0 aromatic heterocycles. The highest BCUT2D eigenvalue weighted by atomic mass is 16.3. The van der Waals surface area contributed by atoms with Crippen molar-refractivity contribution >= 4 is 0 Å². The van der Waals surface area contributed by atoms with Crippen LogP contribution in [0.1, 0.15) is 45.1 Å². The number of piperazine rings is 1. The summed E-state index contributed by atoms with van der Waals surface area (Å²) < 4.78 is 0. The van der Waals surface area contributed by atoms with Gasteiger partial charge in [0.15, 0.2) is 0 Å². The molecular formula is C18H28N2O. The number of rotatable bonds is 3. The van der Waals surface area contributed by atoms with Gasteiger partial charge in [0.25, 0.3) is 0 Å². The van der Waals surface area contributed by atoms with Crippen molar-refractivity contribution in [3.8, 4) is 5.75 Å². The molecule has 2 fully saturated rings. The molecule has 1 aromatic rings. The summed E-state index contributed by atoms with van der Waals surface area (Å²) in [7, 11) is 0. The molecule has 1 aliphatic carbocycles. The van der Waals surface area contributed by atoms with E-state index in [9.17, 15) is 5.11 Å². The number of nitrogens with one attached hydrogen (secondary N) is 1. The number of nitrogens with zero attached hydrogens (tertiary/aromatic N) is 1. The van der Waals surface area contributed by atoms with Gasteiger partial charge in [-0.05, 0) is 36.5 Å². The van der Waals surface area contributed by atoms with E-state index in [4.69, 9.17) is 0 Å². The van der Waals surface area contributed by atoms with Gasteiger partial charge in [0.05, 0.1) is 0 Å². The molecule has 21 heavy (non-hydrogen) atoms. The van der Waals surface area contributed by atoms with Crippen molar-refractivity contribution in [2.45, 2.75) is 57.7 Å². The quantitative estimate of drug-likeness (QED) is 0.897. The van der Waals surface area contributed by atoms with E-state index in [1.807, 2.05) is 0 Å². The zero-order chi connectivity index (χ0) is 14.9. The van der Waals surface area contributed by atoms with Gasteiger partial charge in [-0.1, -0.05) is 38.8 Å². The van der Waals surface area contributed by atoms with Gasteiger partial charge in [-0.3, -0.25) is 4.90 Å². The lowest BCUT2D eigenvalue weighted by Crippen LogP contribution is -2.63. The molecule has 2 N–H and O–H groups in total. The molecule has 0 radical (unpaired) electrons. The van der Waals surface area contributed by atoms with Gasteiger partial charge in [-0.2, -0.15) is 0 Å². The van der Waals surface area contributed by atoms with E-state index in [2.05, 4.69) is 36.2 Å². The minimum absolute atomic E-state index is 0.353. The minimum atomic E-state index is 0.353. The van der Waals surface area contributed by atoms with Gasteiger partial charge >= 0.3 is 0 Å². The van der Waals surface area contributed by atoms with Gasteiger partial charge in [0, 0.05) is 31.2 Å². The topological polar surface area (TPSA) is 35.5 Å². The van der Waals surface area contributed by atoms with Crippen LogP contribution in [0, 0.1) is 5.92 Å². The Labute approximate surface area is 128 Å². The van der Waals surface area contributed by atoms with Crippen molar-refractivity contribution in [3.05, 3.63) is 29.8 Å². The predicted molar refractivity (Wildman–Crippen MR) is 86.3 cm³/mol. The average molecular weight is 288 g/mol. The van der Waals surface area contributed by atoms with Crippen LogP contribution < -0.4 is 5.32 Å². The Balaban J connectivity index is 1.75. The Morgan fingerprint density at radius 1 is 1.24 bits per heavy atom. The number of phenolic OH excluding ortho intramolecular Hbond substituents is 1. The maximum atomic E-state index is 9.45. The lowest BCUT2D eigenvalue weighted by molar-refractivity contribution is 0.0507. The van der Waals surface area contributed by atoms with Gasteiger partial charge in [-0.25, -0.2) is 0 Å². The normalized spacial score (nSPS) is 25.8.